The van der Waals surface area contributed by atoms with Crippen LogP contribution in [0.5, 0.6) is 0 Å². The number of allylic oxidation sites excluding steroid dienone is 2. The Labute approximate surface area is 658 Å². The smallest absolute Gasteiger partial charge is 0.364 e. The second-order valence-electron chi connectivity index (χ2n) is 32.5. The van der Waals surface area contributed by atoms with E-state index in [1.807, 2.05) is 0 Å². The molecule has 3 fully saturated rings. The van der Waals surface area contributed by atoms with Gasteiger partial charge in [0.15, 0.2) is 12.6 Å². The van der Waals surface area contributed by atoms with Crippen molar-refractivity contribution in [1.82, 2.24) is 10.6 Å². The number of amides is 2. The first-order chi connectivity index (χ1) is 52.9. The van der Waals surface area contributed by atoms with Crippen molar-refractivity contribution in [2.75, 3.05) is 26.4 Å². The van der Waals surface area contributed by atoms with Gasteiger partial charge in [-0.15, -0.1) is 0 Å². The topological polar surface area (TPSA) is 373 Å². The minimum atomic E-state index is -3.08. The Kier molecular flexibility index (Phi) is 59.7. The first-order valence-corrected chi connectivity index (χ1v) is 44.5. The maximum atomic E-state index is 13.6. The van der Waals surface area contributed by atoms with Crippen LogP contribution in [0.3, 0.4) is 0 Å². The second kappa shape index (κ2) is 64.6. The number of hydrogen-bond acceptors (Lipinski definition) is 20. The molecule has 0 aromatic rings. The Bertz CT molecular complexity index is 2210. The maximum Gasteiger partial charge on any atom is 0.364 e. The third kappa shape index (κ3) is 43.9. The van der Waals surface area contributed by atoms with Crippen LogP contribution in [0.25, 0.3) is 0 Å². The summed E-state index contributed by atoms with van der Waals surface area (Å²) < 4.78 is 35.0. The molecule has 0 radical (unpaired) electrons. The fraction of sp³-hybridized carbons (Fsp3) is 0.942. The zero-order chi connectivity index (χ0) is 79.5. The van der Waals surface area contributed by atoms with Crippen LogP contribution in [0.15, 0.2) is 12.2 Å². The molecule has 3 rings (SSSR count). The molecular formula is C86H162N2O21. The summed E-state index contributed by atoms with van der Waals surface area (Å²) in [6.07, 6.45) is 43.7. The van der Waals surface area contributed by atoms with Crippen molar-refractivity contribution in [1.29, 1.82) is 0 Å². The molecule has 642 valence electrons. The molecule has 2 amide bonds. The summed E-state index contributed by atoms with van der Waals surface area (Å²) in [5, 5.41) is 137. The summed E-state index contributed by atoms with van der Waals surface area (Å²) in [5.41, 5.74) is 0. The molecule has 0 spiro atoms. The van der Waals surface area contributed by atoms with E-state index in [0.717, 1.165) is 58.3 Å². The van der Waals surface area contributed by atoms with Crippen molar-refractivity contribution >= 4 is 17.8 Å². The number of carboxylic acids is 1. The third-order valence-electron chi connectivity index (χ3n) is 22.7. The molecular weight excluding hydrogens is 1400 g/mol. The van der Waals surface area contributed by atoms with Gasteiger partial charge in [0, 0.05) is 19.8 Å². The van der Waals surface area contributed by atoms with Gasteiger partial charge < -0.3 is 100 Å². The zero-order valence-electron chi connectivity index (χ0n) is 68.4. The van der Waals surface area contributed by atoms with E-state index in [1.54, 1.807) is 0 Å². The van der Waals surface area contributed by atoms with Crippen molar-refractivity contribution in [2.24, 2.45) is 0 Å². The van der Waals surface area contributed by atoms with Gasteiger partial charge in [0.05, 0.1) is 50.7 Å². The minimum absolute atomic E-state index is 0.228. The number of nitrogens with one attached hydrogen (secondary N) is 2. The fourth-order valence-electron chi connectivity index (χ4n) is 15.7. The van der Waals surface area contributed by atoms with Crippen LogP contribution >= 0.6 is 0 Å². The van der Waals surface area contributed by atoms with Gasteiger partial charge in [-0.1, -0.05) is 334 Å². The van der Waals surface area contributed by atoms with Gasteiger partial charge in [0.1, 0.15) is 67.1 Å². The lowest BCUT2D eigenvalue weighted by atomic mass is 9.88. The Balaban J connectivity index is 1.43. The van der Waals surface area contributed by atoms with E-state index in [-0.39, 0.29) is 18.9 Å². The summed E-state index contributed by atoms with van der Waals surface area (Å²) in [6.45, 7) is 2.28. The first-order valence-electron chi connectivity index (χ1n) is 44.5. The van der Waals surface area contributed by atoms with E-state index in [1.165, 1.54) is 276 Å². The molecule has 0 aromatic carbocycles. The number of rotatable bonds is 72. The highest BCUT2D eigenvalue weighted by atomic mass is 16.8. The fourth-order valence-corrected chi connectivity index (χ4v) is 15.7. The number of aliphatic carboxylic acids is 1. The average molecular weight is 1560 g/mol. The van der Waals surface area contributed by atoms with Gasteiger partial charge in [-0.3, -0.25) is 9.59 Å². The predicted molar refractivity (Wildman–Crippen MR) is 426 cm³/mol. The van der Waals surface area contributed by atoms with E-state index in [4.69, 9.17) is 28.4 Å². The number of carbonyl (C=O) groups is 3. The number of unbranched alkanes of at least 4 members (excludes halogenated alkanes) is 50. The van der Waals surface area contributed by atoms with Crippen molar-refractivity contribution in [3.8, 4) is 0 Å². The molecule has 0 aliphatic carbocycles. The number of carbonyl (C=O) groups excluding carboxylic acids is 2. The predicted octanol–water partition coefficient (Wildman–Crippen LogP) is 13.7. The molecule has 3 saturated heterocycles. The number of aliphatic hydroxyl groups excluding tert-OH is 11. The third-order valence-corrected chi connectivity index (χ3v) is 22.7. The molecule has 18 atom stereocenters. The summed E-state index contributed by atoms with van der Waals surface area (Å²) in [4.78, 5) is 38.8. The lowest BCUT2D eigenvalue weighted by Crippen LogP contribution is -2.70. The molecule has 23 heteroatoms. The molecule has 0 aromatic heterocycles. The highest BCUT2D eigenvalue weighted by Crippen LogP contribution is 2.39. The Morgan fingerprint density at radius 2 is 0.853 bits per heavy atom. The maximum absolute atomic E-state index is 13.6. The minimum Gasteiger partial charge on any atom is -0.477 e. The van der Waals surface area contributed by atoms with Crippen LogP contribution in [-0.4, -0.2) is 215 Å². The van der Waals surface area contributed by atoms with Crippen LogP contribution < -0.4 is 10.6 Å². The Morgan fingerprint density at radius 3 is 1.24 bits per heavy atom. The lowest BCUT2D eigenvalue weighted by molar-refractivity contribution is -0.386. The molecule has 3 aliphatic heterocycles. The molecule has 0 bridgehead atoms. The second-order valence-corrected chi connectivity index (χ2v) is 32.5. The van der Waals surface area contributed by atoms with Crippen LogP contribution in [0, 0.1) is 0 Å². The van der Waals surface area contributed by atoms with Gasteiger partial charge in [-0.05, 0) is 38.5 Å². The summed E-state index contributed by atoms with van der Waals surface area (Å²) >= 11 is 0. The lowest BCUT2D eigenvalue weighted by Gasteiger charge is -2.50. The summed E-state index contributed by atoms with van der Waals surface area (Å²) in [6, 6.07) is -2.53. The van der Waals surface area contributed by atoms with Gasteiger partial charge in [-0.2, -0.15) is 0 Å². The van der Waals surface area contributed by atoms with Crippen molar-refractivity contribution in [2.45, 2.75) is 490 Å². The number of carboxylic acid groups (broad SMARTS) is 1. The van der Waals surface area contributed by atoms with Crippen molar-refractivity contribution in [3.63, 3.8) is 0 Å². The van der Waals surface area contributed by atoms with Gasteiger partial charge >= 0.3 is 5.97 Å². The Hall–Kier alpha value is -2.53. The molecule has 0 saturated carbocycles. The molecule has 109 heavy (non-hydrogen) atoms. The van der Waals surface area contributed by atoms with Gasteiger partial charge in [-0.25, -0.2) is 4.79 Å². The van der Waals surface area contributed by atoms with Crippen LogP contribution in [0.1, 0.15) is 380 Å². The molecule has 3 aliphatic rings. The molecule has 23 nitrogen and oxygen atoms in total. The van der Waals surface area contributed by atoms with E-state index in [2.05, 4.69) is 36.6 Å². The van der Waals surface area contributed by atoms with E-state index >= 15 is 0 Å². The SMILES string of the molecule is CCCCCCCCCCCCCCCC/C=C\CCCCCCCCCCCCCCCCCCCC(=O)NC(COC1OC(CO)C(OC2OC(CO)C(O)C(OC3(C(=O)O)CC(O)C(NC(C)=O)C(C(O)C(O)CO)O3)C2O)C(O)C1O)C(O)CCCCCCCCCCCCCCCCCCCCCC. The average Bonchev–Trinajstić information content (AvgIpc) is 0.751. The van der Waals surface area contributed by atoms with E-state index < -0.39 is 148 Å². The monoisotopic (exact) mass is 1560 g/mol. The van der Waals surface area contributed by atoms with Crippen LogP contribution in [0.4, 0.5) is 0 Å². The number of aliphatic hydroxyl groups is 11. The van der Waals surface area contributed by atoms with Gasteiger partial charge in [0.25, 0.3) is 5.79 Å². The number of hydrogen-bond donors (Lipinski definition) is 14. The molecule has 3 heterocycles. The number of ether oxygens (including phenoxy) is 6. The van der Waals surface area contributed by atoms with Crippen molar-refractivity contribution < 1.29 is 104 Å². The standard InChI is InChI=1S/C86H162N2O21/c1-4-6-8-10-12-14-16-18-20-22-24-26-27-28-29-30-31-32-33-34-35-36-37-38-39-40-42-44-46-48-50-52-54-56-58-60-73(96)88-67(68(93)59-57-55-53-51-49-47-45-43-41-25-23-21-19-17-15-13-11-9-7-5-2)65-104-83-78(100)77(99)80(72(64-91)106-83)107-84-79(101)82(76(98)71(63-90)105-84)109-86(85(102)103)61-69(94)74(87-66(3)92)81(108-86)75(97)70(95)62-89/h30-31,67-72,74-84,89-91,93-95,97-101H,4-29,32-65H2,1-3H3,(H,87,92)(H,88,96)(H,102,103)/b31-30-. The first kappa shape index (κ1) is 101. The van der Waals surface area contributed by atoms with Crippen LogP contribution in [-0.2, 0) is 42.8 Å². The normalized spacial score (nSPS) is 25.7. The van der Waals surface area contributed by atoms with Gasteiger partial charge in [0.2, 0.25) is 11.8 Å². The largest absolute Gasteiger partial charge is 0.477 e. The van der Waals surface area contributed by atoms with Crippen molar-refractivity contribution in [3.05, 3.63) is 12.2 Å². The quantitative estimate of drug-likeness (QED) is 0.0199. The highest BCUT2D eigenvalue weighted by Gasteiger charge is 2.60. The van der Waals surface area contributed by atoms with Crippen LogP contribution in [0.2, 0.25) is 0 Å². The highest BCUT2D eigenvalue weighted by molar-refractivity contribution is 5.77. The van der Waals surface area contributed by atoms with E-state index in [9.17, 15) is 75.7 Å². The Morgan fingerprint density at radius 1 is 0.468 bits per heavy atom. The molecule has 18 unspecified atom stereocenters. The molecule has 14 N–H and O–H groups in total. The van der Waals surface area contributed by atoms with E-state index in [0.29, 0.717) is 19.3 Å². The zero-order valence-corrected chi connectivity index (χ0v) is 68.4. The summed E-state index contributed by atoms with van der Waals surface area (Å²) in [7, 11) is 0. The summed E-state index contributed by atoms with van der Waals surface area (Å²) in [5.74, 6) is -6.09.